The standard InChI is InChI=1S/C19H20N2O4/c1-12-16(19(23)24)9-14(25-12)10-20-18(22)8-7-13-11-21(2)17-6-4-3-5-15(13)17/h3-6,9,11H,7-8,10H2,1-2H3,(H,20,22)(H,23,24). The molecule has 3 aromatic rings. The lowest BCUT2D eigenvalue weighted by Crippen LogP contribution is -2.22. The van der Waals surface area contributed by atoms with Crippen molar-refractivity contribution < 1.29 is 19.1 Å². The summed E-state index contributed by atoms with van der Waals surface area (Å²) < 4.78 is 7.41. The largest absolute Gasteiger partial charge is 0.478 e. The zero-order chi connectivity index (χ0) is 18.0. The Morgan fingerprint density at radius 1 is 1.28 bits per heavy atom. The zero-order valence-electron chi connectivity index (χ0n) is 14.2. The van der Waals surface area contributed by atoms with Gasteiger partial charge in [0.1, 0.15) is 17.1 Å². The van der Waals surface area contributed by atoms with Gasteiger partial charge in [0, 0.05) is 30.6 Å². The number of hydrogen-bond donors (Lipinski definition) is 2. The van der Waals surface area contributed by atoms with E-state index in [0.717, 1.165) is 16.5 Å². The Morgan fingerprint density at radius 2 is 2.04 bits per heavy atom. The van der Waals surface area contributed by atoms with Gasteiger partial charge in [-0.1, -0.05) is 18.2 Å². The van der Waals surface area contributed by atoms with E-state index in [0.29, 0.717) is 24.4 Å². The summed E-state index contributed by atoms with van der Waals surface area (Å²) in [7, 11) is 1.99. The Bertz CT molecular complexity index is 936. The summed E-state index contributed by atoms with van der Waals surface area (Å²) in [5.41, 5.74) is 2.40. The number of amides is 1. The second-order valence-corrected chi connectivity index (χ2v) is 6.05. The Balaban J connectivity index is 1.58. The van der Waals surface area contributed by atoms with Crippen LogP contribution in [0.1, 0.15) is 33.9 Å². The number of fused-ring (bicyclic) bond motifs is 1. The van der Waals surface area contributed by atoms with Crippen LogP contribution in [0.5, 0.6) is 0 Å². The highest BCUT2D eigenvalue weighted by Crippen LogP contribution is 2.21. The number of carboxylic acids is 1. The highest BCUT2D eigenvalue weighted by molar-refractivity contribution is 5.89. The predicted octanol–water partition coefficient (Wildman–Crippen LogP) is 3.03. The van der Waals surface area contributed by atoms with Crippen molar-refractivity contribution in [1.82, 2.24) is 9.88 Å². The van der Waals surface area contributed by atoms with Gasteiger partial charge in [0.25, 0.3) is 0 Å². The summed E-state index contributed by atoms with van der Waals surface area (Å²) in [5, 5.41) is 12.9. The van der Waals surface area contributed by atoms with Gasteiger partial charge in [-0.05, 0) is 31.0 Å². The number of aromatic nitrogens is 1. The molecule has 3 rings (SSSR count). The van der Waals surface area contributed by atoms with E-state index >= 15 is 0 Å². The number of nitrogens with one attached hydrogen (secondary N) is 1. The Kier molecular flexibility index (Phi) is 4.61. The second-order valence-electron chi connectivity index (χ2n) is 6.05. The van der Waals surface area contributed by atoms with Crippen molar-refractivity contribution in [2.45, 2.75) is 26.3 Å². The minimum absolute atomic E-state index is 0.0983. The van der Waals surface area contributed by atoms with Crippen molar-refractivity contribution in [3.63, 3.8) is 0 Å². The van der Waals surface area contributed by atoms with Crippen molar-refractivity contribution in [3.8, 4) is 0 Å². The number of carbonyl (C=O) groups is 2. The van der Waals surface area contributed by atoms with Gasteiger partial charge < -0.3 is 19.4 Å². The molecular formula is C19H20N2O4. The molecule has 0 aliphatic heterocycles. The first-order valence-electron chi connectivity index (χ1n) is 8.08. The average Bonchev–Trinajstić information content (AvgIpc) is 3.12. The molecule has 130 valence electrons. The summed E-state index contributed by atoms with van der Waals surface area (Å²) in [4.78, 5) is 23.1. The van der Waals surface area contributed by atoms with Gasteiger partial charge in [0.15, 0.2) is 0 Å². The number of aryl methyl sites for hydroxylation is 3. The summed E-state index contributed by atoms with van der Waals surface area (Å²) in [6.07, 6.45) is 3.05. The molecule has 2 N–H and O–H groups in total. The quantitative estimate of drug-likeness (QED) is 0.722. The van der Waals surface area contributed by atoms with E-state index in [1.807, 2.05) is 25.4 Å². The molecular weight excluding hydrogens is 320 g/mol. The molecule has 0 atom stereocenters. The number of carboxylic acid groups (broad SMARTS) is 1. The fourth-order valence-electron chi connectivity index (χ4n) is 2.99. The molecule has 0 radical (unpaired) electrons. The molecule has 0 fully saturated rings. The number of carbonyl (C=O) groups excluding carboxylic acids is 1. The molecule has 25 heavy (non-hydrogen) atoms. The number of furan rings is 1. The van der Waals surface area contributed by atoms with E-state index in [4.69, 9.17) is 9.52 Å². The highest BCUT2D eigenvalue weighted by Gasteiger charge is 2.14. The van der Waals surface area contributed by atoms with Crippen LogP contribution in [0.2, 0.25) is 0 Å². The molecule has 0 saturated heterocycles. The highest BCUT2D eigenvalue weighted by atomic mass is 16.4. The number of aromatic carboxylic acids is 1. The molecule has 1 aromatic carbocycles. The van der Waals surface area contributed by atoms with E-state index in [9.17, 15) is 9.59 Å². The lowest BCUT2D eigenvalue weighted by atomic mass is 10.1. The van der Waals surface area contributed by atoms with Crippen LogP contribution < -0.4 is 5.32 Å². The van der Waals surface area contributed by atoms with Gasteiger partial charge >= 0.3 is 5.97 Å². The zero-order valence-corrected chi connectivity index (χ0v) is 14.2. The molecule has 2 aromatic heterocycles. The van der Waals surface area contributed by atoms with Crippen LogP contribution in [0.15, 0.2) is 40.9 Å². The lowest BCUT2D eigenvalue weighted by Gasteiger charge is -2.03. The van der Waals surface area contributed by atoms with E-state index in [2.05, 4.69) is 22.0 Å². The maximum atomic E-state index is 12.1. The molecule has 0 spiro atoms. The van der Waals surface area contributed by atoms with Crippen molar-refractivity contribution in [3.05, 3.63) is 59.2 Å². The topological polar surface area (TPSA) is 84.5 Å². The van der Waals surface area contributed by atoms with Crippen LogP contribution in [0.3, 0.4) is 0 Å². The average molecular weight is 340 g/mol. The molecule has 0 aliphatic rings. The van der Waals surface area contributed by atoms with Gasteiger partial charge in [-0.15, -0.1) is 0 Å². The van der Waals surface area contributed by atoms with E-state index < -0.39 is 5.97 Å². The van der Waals surface area contributed by atoms with Crippen molar-refractivity contribution in [2.24, 2.45) is 7.05 Å². The third-order valence-corrected chi connectivity index (χ3v) is 4.26. The van der Waals surface area contributed by atoms with Crippen LogP contribution in [0, 0.1) is 6.92 Å². The molecule has 0 aliphatic carbocycles. The number of nitrogens with zero attached hydrogens (tertiary/aromatic N) is 1. The van der Waals surface area contributed by atoms with Gasteiger partial charge in [-0.25, -0.2) is 4.79 Å². The first kappa shape index (κ1) is 16.8. The van der Waals surface area contributed by atoms with Gasteiger partial charge in [0.05, 0.1) is 6.54 Å². The fraction of sp³-hybridized carbons (Fsp3) is 0.263. The van der Waals surface area contributed by atoms with Crippen LogP contribution in [-0.2, 0) is 24.8 Å². The van der Waals surface area contributed by atoms with Gasteiger partial charge in [-0.2, -0.15) is 0 Å². The molecule has 6 nitrogen and oxygen atoms in total. The minimum Gasteiger partial charge on any atom is -0.478 e. The SMILES string of the molecule is Cc1oc(CNC(=O)CCc2cn(C)c3ccccc23)cc1C(=O)O. The summed E-state index contributed by atoms with van der Waals surface area (Å²) in [6, 6.07) is 9.54. The number of benzene rings is 1. The van der Waals surface area contributed by atoms with E-state index in [1.165, 1.54) is 6.07 Å². The Hall–Kier alpha value is -3.02. The third-order valence-electron chi connectivity index (χ3n) is 4.26. The fourth-order valence-corrected chi connectivity index (χ4v) is 2.99. The molecule has 1 amide bonds. The number of hydrogen-bond acceptors (Lipinski definition) is 3. The number of rotatable bonds is 6. The maximum Gasteiger partial charge on any atom is 0.339 e. The molecule has 6 heteroatoms. The molecule has 0 bridgehead atoms. The molecule has 0 saturated carbocycles. The van der Waals surface area contributed by atoms with Gasteiger partial charge in [0.2, 0.25) is 5.91 Å². The molecule has 0 unspecified atom stereocenters. The first-order chi connectivity index (χ1) is 12.0. The van der Waals surface area contributed by atoms with Crippen LogP contribution in [-0.4, -0.2) is 21.6 Å². The van der Waals surface area contributed by atoms with Crippen molar-refractivity contribution in [2.75, 3.05) is 0 Å². The monoisotopic (exact) mass is 340 g/mol. The summed E-state index contributed by atoms with van der Waals surface area (Å²) in [5.74, 6) is -0.352. The predicted molar refractivity (Wildman–Crippen MR) is 93.5 cm³/mol. The van der Waals surface area contributed by atoms with Crippen LogP contribution in [0.4, 0.5) is 0 Å². The third kappa shape index (κ3) is 3.57. The summed E-state index contributed by atoms with van der Waals surface area (Å²) >= 11 is 0. The van der Waals surface area contributed by atoms with Gasteiger partial charge in [-0.3, -0.25) is 4.79 Å². The van der Waals surface area contributed by atoms with Crippen LogP contribution in [0.25, 0.3) is 10.9 Å². The minimum atomic E-state index is -1.03. The smallest absolute Gasteiger partial charge is 0.339 e. The van der Waals surface area contributed by atoms with Crippen LogP contribution >= 0.6 is 0 Å². The lowest BCUT2D eigenvalue weighted by molar-refractivity contribution is -0.121. The van der Waals surface area contributed by atoms with Crippen molar-refractivity contribution >= 4 is 22.8 Å². The first-order valence-corrected chi connectivity index (χ1v) is 8.08. The maximum absolute atomic E-state index is 12.1. The number of para-hydroxylation sites is 1. The Morgan fingerprint density at radius 3 is 2.76 bits per heavy atom. The van der Waals surface area contributed by atoms with E-state index in [-0.39, 0.29) is 18.0 Å². The normalized spacial score (nSPS) is 11.0. The molecule has 2 heterocycles. The second kappa shape index (κ2) is 6.84. The van der Waals surface area contributed by atoms with Crippen molar-refractivity contribution in [1.29, 1.82) is 0 Å². The summed E-state index contributed by atoms with van der Waals surface area (Å²) in [6.45, 7) is 1.78. The Labute approximate surface area is 145 Å². The van der Waals surface area contributed by atoms with E-state index in [1.54, 1.807) is 6.92 Å².